The summed E-state index contributed by atoms with van der Waals surface area (Å²) in [7, 11) is 1.85. The quantitative estimate of drug-likeness (QED) is 0.483. The highest BCUT2D eigenvalue weighted by atomic mass is 35.5. The zero-order valence-electron chi connectivity index (χ0n) is 14.7. The van der Waals surface area contributed by atoms with E-state index in [1.54, 1.807) is 18.2 Å². The van der Waals surface area contributed by atoms with Gasteiger partial charge in [0.1, 0.15) is 0 Å². The summed E-state index contributed by atoms with van der Waals surface area (Å²) in [4.78, 5) is 12.2. The SMILES string of the molecule is Cn1c(CNc2cccc(Cl)c2)nnc1SCC(=O)Nc1cc(Cl)ccc1Cl. The number of carbonyl (C=O) groups is 1. The molecule has 1 amide bonds. The number of anilines is 2. The second kappa shape index (κ2) is 9.52. The first-order valence-corrected chi connectivity index (χ1v) is 10.3. The van der Waals surface area contributed by atoms with Gasteiger partial charge in [0.05, 0.1) is 23.0 Å². The summed E-state index contributed by atoms with van der Waals surface area (Å²) in [5.41, 5.74) is 1.37. The number of hydrogen-bond donors (Lipinski definition) is 2. The molecule has 10 heteroatoms. The molecule has 0 aliphatic rings. The Hall–Kier alpha value is -1.93. The fourth-order valence-electron chi connectivity index (χ4n) is 2.31. The highest BCUT2D eigenvalue weighted by Gasteiger charge is 2.12. The van der Waals surface area contributed by atoms with E-state index in [0.29, 0.717) is 32.5 Å². The van der Waals surface area contributed by atoms with Gasteiger partial charge in [-0.2, -0.15) is 0 Å². The number of halogens is 3. The second-order valence-electron chi connectivity index (χ2n) is 5.78. The summed E-state index contributed by atoms with van der Waals surface area (Å²) in [6.45, 7) is 0.481. The molecule has 0 unspecified atom stereocenters. The zero-order valence-corrected chi connectivity index (χ0v) is 17.8. The van der Waals surface area contributed by atoms with Gasteiger partial charge in [-0.3, -0.25) is 4.79 Å². The Morgan fingerprint density at radius 2 is 1.89 bits per heavy atom. The van der Waals surface area contributed by atoms with E-state index in [1.807, 2.05) is 35.9 Å². The lowest BCUT2D eigenvalue weighted by atomic mass is 10.3. The van der Waals surface area contributed by atoms with E-state index in [-0.39, 0.29) is 11.7 Å². The van der Waals surface area contributed by atoms with Gasteiger partial charge >= 0.3 is 0 Å². The van der Waals surface area contributed by atoms with Crippen LogP contribution in [0.3, 0.4) is 0 Å². The van der Waals surface area contributed by atoms with Gasteiger partial charge in [-0.25, -0.2) is 0 Å². The maximum Gasteiger partial charge on any atom is 0.234 e. The smallest absolute Gasteiger partial charge is 0.234 e. The van der Waals surface area contributed by atoms with Gasteiger partial charge in [-0.15, -0.1) is 10.2 Å². The summed E-state index contributed by atoms with van der Waals surface area (Å²) in [5.74, 6) is 0.688. The minimum atomic E-state index is -0.212. The van der Waals surface area contributed by atoms with Crippen LogP contribution in [0.5, 0.6) is 0 Å². The van der Waals surface area contributed by atoms with Gasteiger partial charge in [-0.1, -0.05) is 52.6 Å². The standard InChI is InChI=1S/C18H16Cl3N5OS/c1-26-16(9-22-13-4-2-3-11(19)7-13)24-25-18(26)28-10-17(27)23-15-8-12(20)5-6-14(15)21/h2-8,22H,9-10H2,1H3,(H,23,27). The van der Waals surface area contributed by atoms with Crippen molar-refractivity contribution in [2.45, 2.75) is 11.7 Å². The first kappa shape index (κ1) is 20.8. The van der Waals surface area contributed by atoms with Crippen LogP contribution < -0.4 is 10.6 Å². The number of benzene rings is 2. The van der Waals surface area contributed by atoms with Crippen molar-refractivity contribution in [3.63, 3.8) is 0 Å². The fraction of sp³-hybridized carbons (Fsp3) is 0.167. The van der Waals surface area contributed by atoms with E-state index >= 15 is 0 Å². The Morgan fingerprint density at radius 1 is 1.11 bits per heavy atom. The minimum absolute atomic E-state index is 0.163. The van der Waals surface area contributed by atoms with Gasteiger partial charge in [0.2, 0.25) is 5.91 Å². The Kier molecular flexibility index (Phi) is 7.07. The number of nitrogens with one attached hydrogen (secondary N) is 2. The van der Waals surface area contributed by atoms with Crippen molar-refractivity contribution in [2.75, 3.05) is 16.4 Å². The molecule has 0 aliphatic heterocycles. The summed E-state index contributed by atoms with van der Waals surface area (Å²) in [5, 5.41) is 16.5. The third-order valence-corrected chi connectivity index (χ3v) is 5.56. The van der Waals surface area contributed by atoms with Gasteiger partial charge in [0, 0.05) is 22.8 Å². The van der Waals surface area contributed by atoms with Crippen LogP contribution in [0.4, 0.5) is 11.4 Å². The molecule has 0 saturated carbocycles. The fourth-order valence-corrected chi connectivity index (χ4v) is 3.57. The maximum atomic E-state index is 12.2. The van der Waals surface area contributed by atoms with Crippen LogP contribution in [0.25, 0.3) is 0 Å². The van der Waals surface area contributed by atoms with Gasteiger partial charge in [0.15, 0.2) is 11.0 Å². The van der Waals surface area contributed by atoms with E-state index in [1.165, 1.54) is 11.8 Å². The molecule has 3 aromatic rings. The molecular weight excluding hydrogens is 441 g/mol. The molecule has 1 aromatic heterocycles. The predicted molar refractivity (Wildman–Crippen MR) is 116 cm³/mol. The molecule has 0 bridgehead atoms. The normalized spacial score (nSPS) is 10.7. The average Bonchev–Trinajstić information content (AvgIpc) is 3.01. The molecule has 0 spiro atoms. The minimum Gasteiger partial charge on any atom is -0.378 e. The van der Waals surface area contributed by atoms with E-state index in [0.717, 1.165) is 11.5 Å². The van der Waals surface area contributed by atoms with Crippen molar-refractivity contribution < 1.29 is 4.79 Å². The molecule has 0 atom stereocenters. The van der Waals surface area contributed by atoms with Crippen LogP contribution in [0.1, 0.15) is 5.82 Å². The lowest BCUT2D eigenvalue weighted by Crippen LogP contribution is -2.15. The molecule has 0 saturated heterocycles. The summed E-state index contributed by atoms with van der Waals surface area (Å²) < 4.78 is 1.84. The molecule has 6 nitrogen and oxygen atoms in total. The lowest BCUT2D eigenvalue weighted by molar-refractivity contribution is -0.113. The van der Waals surface area contributed by atoms with Crippen LogP contribution >= 0.6 is 46.6 Å². The van der Waals surface area contributed by atoms with Crippen molar-refractivity contribution in [3.8, 4) is 0 Å². The molecule has 0 fully saturated rings. The van der Waals surface area contributed by atoms with Crippen molar-refractivity contribution in [1.29, 1.82) is 0 Å². The Bertz CT molecular complexity index is 995. The molecule has 3 rings (SSSR count). The zero-order chi connectivity index (χ0) is 20.1. The van der Waals surface area contributed by atoms with Crippen LogP contribution in [-0.2, 0) is 18.4 Å². The molecular formula is C18H16Cl3N5OS. The van der Waals surface area contributed by atoms with Crippen LogP contribution in [0.2, 0.25) is 15.1 Å². The molecule has 2 N–H and O–H groups in total. The van der Waals surface area contributed by atoms with Crippen LogP contribution in [-0.4, -0.2) is 26.4 Å². The molecule has 2 aromatic carbocycles. The first-order chi connectivity index (χ1) is 13.4. The molecule has 1 heterocycles. The number of hydrogen-bond acceptors (Lipinski definition) is 5. The highest BCUT2D eigenvalue weighted by molar-refractivity contribution is 7.99. The number of thioether (sulfide) groups is 1. The van der Waals surface area contributed by atoms with E-state index in [9.17, 15) is 4.79 Å². The van der Waals surface area contributed by atoms with Crippen molar-refractivity contribution >= 4 is 63.8 Å². The van der Waals surface area contributed by atoms with Gasteiger partial charge < -0.3 is 15.2 Å². The second-order valence-corrected chi connectivity index (χ2v) is 8.01. The molecule has 28 heavy (non-hydrogen) atoms. The third-order valence-electron chi connectivity index (χ3n) is 3.74. The average molecular weight is 457 g/mol. The number of amides is 1. The van der Waals surface area contributed by atoms with E-state index in [4.69, 9.17) is 34.8 Å². The molecule has 146 valence electrons. The monoisotopic (exact) mass is 455 g/mol. The number of rotatable bonds is 7. The summed E-state index contributed by atoms with van der Waals surface area (Å²) in [6.07, 6.45) is 0. The Balaban J connectivity index is 1.55. The predicted octanol–water partition coefficient (Wildman–Crippen LogP) is 5.12. The van der Waals surface area contributed by atoms with Crippen LogP contribution in [0.15, 0.2) is 47.6 Å². The van der Waals surface area contributed by atoms with E-state index in [2.05, 4.69) is 20.8 Å². The topological polar surface area (TPSA) is 71.8 Å². The Morgan fingerprint density at radius 3 is 2.68 bits per heavy atom. The third kappa shape index (κ3) is 5.54. The van der Waals surface area contributed by atoms with E-state index < -0.39 is 0 Å². The van der Waals surface area contributed by atoms with Gasteiger partial charge in [0.25, 0.3) is 0 Å². The van der Waals surface area contributed by atoms with Crippen molar-refractivity contribution in [2.24, 2.45) is 7.05 Å². The number of aromatic nitrogens is 3. The molecule has 0 radical (unpaired) electrons. The van der Waals surface area contributed by atoms with Crippen molar-refractivity contribution in [3.05, 3.63) is 63.4 Å². The highest BCUT2D eigenvalue weighted by Crippen LogP contribution is 2.26. The summed E-state index contributed by atoms with van der Waals surface area (Å²) >= 11 is 19.2. The molecule has 0 aliphatic carbocycles. The van der Waals surface area contributed by atoms with Crippen LogP contribution in [0, 0.1) is 0 Å². The maximum absolute atomic E-state index is 12.2. The van der Waals surface area contributed by atoms with Crippen molar-refractivity contribution in [1.82, 2.24) is 14.8 Å². The summed E-state index contributed by atoms with van der Waals surface area (Å²) in [6, 6.07) is 12.3. The largest absolute Gasteiger partial charge is 0.378 e. The number of nitrogens with zero attached hydrogens (tertiary/aromatic N) is 3. The first-order valence-electron chi connectivity index (χ1n) is 8.18. The lowest BCUT2D eigenvalue weighted by Gasteiger charge is -2.08. The van der Waals surface area contributed by atoms with Gasteiger partial charge in [-0.05, 0) is 36.4 Å². The number of carbonyl (C=O) groups excluding carboxylic acids is 1. The Labute approximate surface area is 181 Å².